The number of nitrogen functional groups attached to an aromatic ring is 1. The van der Waals surface area contributed by atoms with E-state index < -0.39 is 0 Å². The summed E-state index contributed by atoms with van der Waals surface area (Å²) in [6.45, 7) is 0.830. The van der Waals surface area contributed by atoms with Crippen molar-refractivity contribution in [2.75, 3.05) is 31.7 Å². The van der Waals surface area contributed by atoms with Crippen molar-refractivity contribution in [3.8, 4) is 0 Å². The van der Waals surface area contributed by atoms with E-state index in [4.69, 9.17) is 17.3 Å². The van der Waals surface area contributed by atoms with Crippen molar-refractivity contribution < 1.29 is 0 Å². The van der Waals surface area contributed by atoms with Crippen LogP contribution in [0.15, 0.2) is 6.20 Å². The fraction of sp³-hybridized carbons (Fsp3) is 0.667. The van der Waals surface area contributed by atoms with E-state index in [1.165, 1.54) is 31.9 Å². The minimum atomic E-state index is 0.197. The lowest BCUT2D eigenvalue weighted by molar-refractivity contribution is 0.172. The molecule has 18 heavy (non-hydrogen) atoms. The summed E-state index contributed by atoms with van der Waals surface area (Å²) in [6, 6.07) is 0. The van der Waals surface area contributed by atoms with E-state index in [0.717, 1.165) is 6.54 Å². The van der Waals surface area contributed by atoms with Gasteiger partial charge in [0.25, 0.3) is 0 Å². The van der Waals surface area contributed by atoms with E-state index in [2.05, 4.69) is 34.3 Å². The van der Waals surface area contributed by atoms with Gasteiger partial charge in [0.1, 0.15) is 5.02 Å². The number of nitrogens with two attached hydrogens (primary N) is 1. The second-order valence-electron chi connectivity index (χ2n) is 5.10. The number of anilines is 2. The fourth-order valence-electron chi connectivity index (χ4n) is 2.57. The van der Waals surface area contributed by atoms with Crippen LogP contribution in [0.25, 0.3) is 0 Å². The second-order valence-corrected chi connectivity index (χ2v) is 5.51. The molecule has 1 aliphatic rings. The highest BCUT2D eigenvalue weighted by atomic mass is 35.5. The molecule has 100 valence electrons. The number of nitrogens with one attached hydrogen (secondary N) is 1. The molecule has 0 saturated heterocycles. The maximum absolute atomic E-state index is 6.05. The number of likely N-dealkylation sites (N-methyl/N-ethyl adjacent to an activating group) is 1. The Balaban J connectivity index is 2.08. The lowest BCUT2D eigenvalue weighted by atomic mass is 9.96. The summed E-state index contributed by atoms with van der Waals surface area (Å²) in [5, 5.41) is 3.82. The van der Waals surface area contributed by atoms with Crippen LogP contribution in [0.4, 0.5) is 11.8 Å². The van der Waals surface area contributed by atoms with Crippen LogP contribution in [0, 0.1) is 0 Å². The average molecular weight is 270 g/mol. The topological polar surface area (TPSA) is 67.1 Å². The van der Waals surface area contributed by atoms with E-state index in [1.807, 2.05) is 0 Å². The van der Waals surface area contributed by atoms with Crippen molar-refractivity contribution in [1.82, 2.24) is 14.9 Å². The molecule has 1 fully saturated rings. The molecule has 3 N–H and O–H groups in total. The highest BCUT2D eigenvalue weighted by molar-refractivity contribution is 6.32. The lowest BCUT2D eigenvalue weighted by Gasteiger charge is -2.36. The Morgan fingerprint density at radius 3 is 2.72 bits per heavy atom. The van der Waals surface area contributed by atoms with Crippen molar-refractivity contribution in [1.29, 1.82) is 0 Å². The van der Waals surface area contributed by atoms with Crippen LogP contribution in [0.2, 0.25) is 5.02 Å². The number of hydrogen-bond donors (Lipinski definition) is 2. The predicted molar refractivity (Wildman–Crippen MR) is 74.8 cm³/mol. The van der Waals surface area contributed by atoms with E-state index >= 15 is 0 Å². The molecule has 0 amide bonds. The minimum Gasteiger partial charge on any atom is -0.368 e. The van der Waals surface area contributed by atoms with Gasteiger partial charge in [-0.05, 0) is 26.9 Å². The summed E-state index contributed by atoms with van der Waals surface area (Å²) < 4.78 is 0. The molecule has 0 aliphatic heterocycles. The van der Waals surface area contributed by atoms with Crippen LogP contribution in [-0.4, -0.2) is 41.0 Å². The Labute approximate surface area is 113 Å². The normalized spacial score (nSPS) is 18.2. The van der Waals surface area contributed by atoms with Crippen LogP contribution in [0.3, 0.4) is 0 Å². The van der Waals surface area contributed by atoms with Crippen molar-refractivity contribution in [3.05, 3.63) is 11.2 Å². The van der Waals surface area contributed by atoms with Crippen molar-refractivity contribution in [3.63, 3.8) is 0 Å². The first-order valence-corrected chi connectivity index (χ1v) is 6.61. The highest BCUT2D eigenvalue weighted by Crippen LogP contribution is 2.34. The van der Waals surface area contributed by atoms with E-state index in [9.17, 15) is 0 Å². The van der Waals surface area contributed by atoms with E-state index in [1.54, 1.807) is 0 Å². The first-order valence-electron chi connectivity index (χ1n) is 6.23. The quantitative estimate of drug-likeness (QED) is 0.875. The lowest BCUT2D eigenvalue weighted by Crippen LogP contribution is -2.47. The third-order valence-corrected chi connectivity index (χ3v) is 4.11. The zero-order chi connectivity index (χ0) is 13.2. The van der Waals surface area contributed by atoms with Gasteiger partial charge in [0.15, 0.2) is 5.82 Å². The maximum Gasteiger partial charge on any atom is 0.222 e. The number of nitrogens with zero attached hydrogens (tertiary/aromatic N) is 3. The van der Waals surface area contributed by atoms with Crippen molar-refractivity contribution in [2.45, 2.75) is 31.2 Å². The Morgan fingerprint density at radius 1 is 1.44 bits per heavy atom. The zero-order valence-corrected chi connectivity index (χ0v) is 11.7. The first-order chi connectivity index (χ1) is 8.53. The molecule has 0 unspecified atom stereocenters. The monoisotopic (exact) mass is 269 g/mol. The molecule has 1 aliphatic carbocycles. The second kappa shape index (κ2) is 5.28. The molecule has 1 aromatic rings. The van der Waals surface area contributed by atoms with Gasteiger partial charge >= 0.3 is 0 Å². The third-order valence-electron chi connectivity index (χ3n) is 3.83. The van der Waals surface area contributed by atoms with Gasteiger partial charge in [0, 0.05) is 12.1 Å². The predicted octanol–water partition coefficient (Wildman–Crippen LogP) is 2.00. The average Bonchev–Trinajstić information content (AvgIpc) is 2.80. The van der Waals surface area contributed by atoms with E-state index in [-0.39, 0.29) is 11.5 Å². The van der Waals surface area contributed by atoms with Crippen LogP contribution in [-0.2, 0) is 0 Å². The standard InChI is InChI=1S/C12H20ClN5/c1-18(2)12(5-3-4-6-12)8-16-10-9(13)7-15-11(14)17-10/h7H,3-6,8H2,1-2H3,(H3,14,15,16,17). The molecule has 0 aromatic carbocycles. The molecule has 0 atom stereocenters. The Hall–Kier alpha value is -1.07. The van der Waals surface area contributed by atoms with Gasteiger partial charge in [-0.25, -0.2) is 4.98 Å². The summed E-state index contributed by atoms with van der Waals surface area (Å²) in [5.41, 5.74) is 5.77. The van der Waals surface area contributed by atoms with Crippen LogP contribution >= 0.6 is 11.6 Å². The number of hydrogen-bond acceptors (Lipinski definition) is 5. The maximum atomic E-state index is 6.05. The molecule has 0 spiro atoms. The minimum absolute atomic E-state index is 0.197. The number of halogens is 1. The van der Waals surface area contributed by atoms with Crippen LogP contribution in [0.5, 0.6) is 0 Å². The van der Waals surface area contributed by atoms with Gasteiger partial charge in [-0.3, -0.25) is 0 Å². The molecule has 0 bridgehead atoms. The zero-order valence-electron chi connectivity index (χ0n) is 10.9. The van der Waals surface area contributed by atoms with Gasteiger partial charge in [0.2, 0.25) is 5.95 Å². The molecule has 1 heterocycles. The largest absolute Gasteiger partial charge is 0.368 e. The van der Waals surface area contributed by atoms with Crippen LogP contribution < -0.4 is 11.1 Å². The Bertz CT molecular complexity index is 415. The molecule has 1 saturated carbocycles. The number of aromatic nitrogens is 2. The number of rotatable bonds is 4. The summed E-state index contributed by atoms with van der Waals surface area (Å²) >= 11 is 6.05. The smallest absolute Gasteiger partial charge is 0.222 e. The van der Waals surface area contributed by atoms with Gasteiger partial charge in [-0.15, -0.1) is 0 Å². The van der Waals surface area contributed by atoms with Crippen molar-refractivity contribution in [2.24, 2.45) is 0 Å². The van der Waals surface area contributed by atoms with Crippen molar-refractivity contribution >= 4 is 23.4 Å². The summed E-state index contributed by atoms with van der Waals surface area (Å²) in [6.07, 6.45) is 6.48. The third kappa shape index (κ3) is 2.67. The van der Waals surface area contributed by atoms with E-state index in [0.29, 0.717) is 10.8 Å². The molecule has 6 heteroatoms. The molecule has 0 radical (unpaired) electrons. The molecular weight excluding hydrogens is 250 g/mol. The van der Waals surface area contributed by atoms with Gasteiger partial charge in [-0.1, -0.05) is 24.4 Å². The first kappa shape index (κ1) is 13.4. The van der Waals surface area contributed by atoms with Gasteiger partial charge < -0.3 is 16.0 Å². The molecular formula is C12H20ClN5. The summed E-state index contributed by atoms with van der Waals surface area (Å²) in [4.78, 5) is 10.3. The molecule has 2 rings (SSSR count). The Morgan fingerprint density at radius 2 is 2.11 bits per heavy atom. The Kier molecular flexibility index (Phi) is 3.92. The summed E-state index contributed by atoms with van der Waals surface area (Å²) in [7, 11) is 4.26. The molecule has 5 nitrogen and oxygen atoms in total. The fourth-order valence-corrected chi connectivity index (χ4v) is 2.73. The van der Waals surface area contributed by atoms with Gasteiger partial charge in [0.05, 0.1) is 6.20 Å². The van der Waals surface area contributed by atoms with Crippen LogP contribution in [0.1, 0.15) is 25.7 Å². The van der Waals surface area contributed by atoms with Gasteiger partial charge in [-0.2, -0.15) is 4.98 Å². The highest BCUT2D eigenvalue weighted by Gasteiger charge is 2.35. The summed E-state index contributed by atoms with van der Waals surface area (Å²) in [5.74, 6) is 0.865. The molecule has 1 aromatic heterocycles. The SMILES string of the molecule is CN(C)C1(CNc2nc(N)ncc2Cl)CCCC1.